The fourth-order valence-corrected chi connectivity index (χ4v) is 4.58. The van der Waals surface area contributed by atoms with Crippen LogP contribution in [0.15, 0.2) is 24.3 Å². The number of nitrogens with one attached hydrogen (secondary N) is 1. The number of piperazine rings is 1. The van der Waals surface area contributed by atoms with E-state index in [0.29, 0.717) is 42.3 Å². The van der Waals surface area contributed by atoms with Crippen molar-refractivity contribution >= 4 is 34.2 Å². The predicted octanol–water partition coefficient (Wildman–Crippen LogP) is 3.46. The van der Waals surface area contributed by atoms with Gasteiger partial charge in [-0.05, 0) is 55.9 Å². The van der Waals surface area contributed by atoms with E-state index in [1.165, 1.54) is 37.1 Å². The second-order valence-electron chi connectivity index (χ2n) is 8.02. The smallest absolute Gasteiger partial charge is 0.339 e. The molecular weight excluding hydrogens is 440 g/mol. The molecule has 2 heterocycles. The molecule has 1 N–H and O–H groups in total. The molecule has 1 aromatic heterocycles. The monoisotopic (exact) mass is 472 g/mol. The molecule has 0 spiro atoms. The number of anilines is 2. The Balaban J connectivity index is 1.91. The van der Waals surface area contributed by atoms with Crippen LogP contribution in [-0.4, -0.2) is 67.2 Å². The molecule has 1 aliphatic rings. The highest BCUT2D eigenvalue weighted by atomic mass is 32.2. The number of carbonyl (C=O) groups excluding carboxylic acids is 2. The molecule has 0 radical (unpaired) electrons. The standard InChI is InChI=1S/C24H32N4O4S/c1-7-19-18(23(29)32-5)13-20(22(25-19)31-4)26-28-9-8-27(14-21(28)24(30)33-6)17-11-15(2)10-16(3)12-17/h10-13,21,26H,7-9,14H2,1-6H3. The number of aryl methyl sites for hydroxylation is 3. The molecule has 1 unspecified atom stereocenters. The number of thioether (sulfide) groups is 1. The minimum Gasteiger partial charge on any atom is -0.479 e. The van der Waals surface area contributed by atoms with E-state index in [9.17, 15) is 9.59 Å². The van der Waals surface area contributed by atoms with Crippen molar-refractivity contribution < 1.29 is 19.1 Å². The molecule has 8 nitrogen and oxygen atoms in total. The van der Waals surface area contributed by atoms with Crippen molar-refractivity contribution in [1.29, 1.82) is 0 Å². The number of aromatic nitrogens is 1. The van der Waals surface area contributed by atoms with Crippen molar-refractivity contribution in [3.63, 3.8) is 0 Å². The third kappa shape index (κ3) is 5.59. The second kappa shape index (κ2) is 10.9. The molecule has 3 rings (SSSR count). The summed E-state index contributed by atoms with van der Waals surface area (Å²) in [5.74, 6) is -0.0898. The van der Waals surface area contributed by atoms with Gasteiger partial charge in [0.1, 0.15) is 11.7 Å². The van der Waals surface area contributed by atoms with Gasteiger partial charge in [-0.25, -0.2) is 14.8 Å². The lowest BCUT2D eigenvalue weighted by atomic mass is 10.1. The minimum atomic E-state index is -0.457. The van der Waals surface area contributed by atoms with Crippen LogP contribution in [0.2, 0.25) is 0 Å². The molecule has 1 atom stereocenters. The first kappa shape index (κ1) is 24.9. The number of esters is 1. The highest BCUT2D eigenvalue weighted by Crippen LogP contribution is 2.29. The number of ether oxygens (including phenoxy) is 2. The first-order valence-electron chi connectivity index (χ1n) is 10.9. The van der Waals surface area contributed by atoms with Gasteiger partial charge in [-0.15, -0.1) is 0 Å². The third-order valence-corrected chi connectivity index (χ3v) is 6.36. The molecule has 1 aromatic carbocycles. The Morgan fingerprint density at radius 2 is 1.85 bits per heavy atom. The first-order valence-corrected chi connectivity index (χ1v) is 12.1. The number of hydrogen-bond acceptors (Lipinski definition) is 9. The lowest BCUT2D eigenvalue weighted by molar-refractivity contribution is -0.115. The second-order valence-corrected chi connectivity index (χ2v) is 8.83. The molecule has 0 bridgehead atoms. The maximum absolute atomic E-state index is 12.9. The summed E-state index contributed by atoms with van der Waals surface area (Å²) < 4.78 is 10.4. The average Bonchev–Trinajstić information content (AvgIpc) is 2.82. The van der Waals surface area contributed by atoms with Gasteiger partial charge in [0.05, 0.1) is 25.5 Å². The zero-order valence-corrected chi connectivity index (χ0v) is 20.9. The highest BCUT2D eigenvalue weighted by Gasteiger charge is 2.33. The van der Waals surface area contributed by atoms with E-state index in [0.717, 1.165) is 12.2 Å². The topological polar surface area (TPSA) is 84.0 Å². The lowest BCUT2D eigenvalue weighted by Gasteiger charge is -2.41. The summed E-state index contributed by atoms with van der Waals surface area (Å²) in [6.45, 7) is 7.95. The first-order chi connectivity index (χ1) is 15.8. The Bertz CT molecular complexity index is 1010. The maximum Gasteiger partial charge on any atom is 0.339 e. The van der Waals surface area contributed by atoms with E-state index in [-0.39, 0.29) is 5.12 Å². The molecule has 1 saturated heterocycles. The number of hydrogen-bond donors (Lipinski definition) is 1. The van der Waals surface area contributed by atoms with Crippen LogP contribution in [0.25, 0.3) is 0 Å². The molecule has 2 aromatic rings. The Morgan fingerprint density at radius 3 is 2.42 bits per heavy atom. The number of benzene rings is 1. The summed E-state index contributed by atoms with van der Waals surface area (Å²) >= 11 is 1.21. The molecule has 178 valence electrons. The Morgan fingerprint density at radius 1 is 1.15 bits per heavy atom. The van der Waals surface area contributed by atoms with Gasteiger partial charge in [-0.1, -0.05) is 24.8 Å². The van der Waals surface area contributed by atoms with Crippen molar-refractivity contribution in [2.45, 2.75) is 33.2 Å². The summed E-state index contributed by atoms with van der Waals surface area (Å²) in [5, 5.41) is 1.96. The van der Waals surface area contributed by atoms with Gasteiger partial charge in [0, 0.05) is 25.3 Å². The van der Waals surface area contributed by atoms with Crippen LogP contribution in [-0.2, 0) is 16.0 Å². The van der Waals surface area contributed by atoms with Crippen LogP contribution in [0.4, 0.5) is 11.4 Å². The molecule has 0 amide bonds. The zero-order chi connectivity index (χ0) is 24.1. The number of rotatable bonds is 7. The third-order valence-electron chi connectivity index (χ3n) is 5.69. The van der Waals surface area contributed by atoms with Crippen molar-refractivity contribution in [3.8, 4) is 5.88 Å². The summed E-state index contributed by atoms with van der Waals surface area (Å²) in [4.78, 5) is 31.9. The van der Waals surface area contributed by atoms with E-state index < -0.39 is 12.0 Å². The summed E-state index contributed by atoms with van der Waals surface area (Å²) in [6.07, 6.45) is 2.35. The van der Waals surface area contributed by atoms with Crippen LogP contribution in [0, 0.1) is 13.8 Å². The number of nitrogens with zero attached hydrogens (tertiary/aromatic N) is 3. The normalized spacial score (nSPS) is 16.4. The Hall–Kier alpha value is -2.78. The van der Waals surface area contributed by atoms with Crippen LogP contribution in [0.5, 0.6) is 5.88 Å². The SMILES string of the molecule is CCc1nc(OC)c(NN2CCN(c3cc(C)cc(C)c3)CC2C(=O)SC)cc1C(=O)OC. The summed E-state index contributed by atoms with van der Waals surface area (Å²) in [7, 11) is 2.88. The van der Waals surface area contributed by atoms with Gasteiger partial charge < -0.3 is 19.8 Å². The van der Waals surface area contributed by atoms with Gasteiger partial charge >= 0.3 is 5.97 Å². The van der Waals surface area contributed by atoms with Crippen molar-refractivity contribution in [2.75, 3.05) is 50.4 Å². The molecule has 0 aliphatic carbocycles. The molecular formula is C24H32N4O4S. The maximum atomic E-state index is 12.9. The number of hydrazine groups is 1. The van der Waals surface area contributed by atoms with Crippen molar-refractivity contribution in [1.82, 2.24) is 9.99 Å². The summed E-state index contributed by atoms with van der Waals surface area (Å²) in [6, 6.07) is 7.73. The van der Waals surface area contributed by atoms with Crippen LogP contribution < -0.4 is 15.1 Å². The van der Waals surface area contributed by atoms with Gasteiger partial charge in [0.15, 0.2) is 0 Å². The van der Waals surface area contributed by atoms with Gasteiger partial charge in [-0.3, -0.25) is 4.79 Å². The molecule has 33 heavy (non-hydrogen) atoms. The fourth-order valence-electron chi connectivity index (χ4n) is 4.10. The Kier molecular flexibility index (Phi) is 8.20. The number of carbonyl (C=O) groups is 2. The van der Waals surface area contributed by atoms with Gasteiger partial charge in [0.25, 0.3) is 0 Å². The van der Waals surface area contributed by atoms with Crippen molar-refractivity contribution in [2.24, 2.45) is 0 Å². The largest absolute Gasteiger partial charge is 0.479 e. The molecule has 9 heteroatoms. The zero-order valence-electron chi connectivity index (χ0n) is 20.1. The minimum absolute atomic E-state index is 0.0573. The van der Waals surface area contributed by atoms with E-state index in [1.807, 2.05) is 11.9 Å². The predicted molar refractivity (Wildman–Crippen MR) is 132 cm³/mol. The van der Waals surface area contributed by atoms with E-state index in [1.54, 1.807) is 12.3 Å². The molecule has 0 saturated carbocycles. The molecule has 1 aliphatic heterocycles. The summed E-state index contributed by atoms with van der Waals surface area (Å²) in [5.41, 5.74) is 8.31. The van der Waals surface area contributed by atoms with E-state index in [4.69, 9.17) is 9.47 Å². The van der Waals surface area contributed by atoms with Crippen LogP contribution in [0.1, 0.15) is 34.1 Å². The van der Waals surface area contributed by atoms with Gasteiger partial charge in [-0.2, -0.15) is 0 Å². The van der Waals surface area contributed by atoms with E-state index in [2.05, 4.69) is 47.4 Å². The number of pyridine rings is 1. The quantitative estimate of drug-likeness (QED) is 0.609. The number of methoxy groups -OCH3 is 2. The molecule has 1 fully saturated rings. The fraction of sp³-hybridized carbons (Fsp3) is 0.458. The highest BCUT2D eigenvalue weighted by molar-refractivity contribution is 8.13. The van der Waals surface area contributed by atoms with Gasteiger partial charge in [0.2, 0.25) is 11.0 Å². The Labute approximate surface area is 199 Å². The van der Waals surface area contributed by atoms with Crippen LogP contribution >= 0.6 is 11.8 Å². The van der Waals surface area contributed by atoms with E-state index >= 15 is 0 Å². The average molecular weight is 473 g/mol. The lowest BCUT2D eigenvalue weighted by Crippen LogP contribution is -2.58. The van der Waals surface area contributed by atoms with Crippen LogP contribution in [0.3, 0.4) is 0 Å². The van der Waals surface area contributed by atoms with Crippen molar-refractivity contribution in [3.05, 3.63) is 46.6 Å².